The third-order valence-electron chi connectivity index (χ3n) is 3.14. The van der Waals surface area contributed by atoms with Crippen LogP contribution in [-0.4, -0.2) is 48.0 Å². The van der Waals surface area contributed by atoms with E-state index in [1.807, 2.05) is 4.90 Å². The van der Waals surface area contributed by atoms with Crippen molar-refractivity contribution in [1.82, 2.24) is 10.2 Å². The quantitative estimate of drug-likeness (QED) is 0.746. The molecule has 1 aliphatic rings. The lowest BCUT2D eigenvalue weighted by atomic mass is 10.0. The number of aromatic hydroxyl groups is 2. The molecule has 1 fully saturated rings. The van der Waals surface area contributed by atoms with Gasteiger partial charge < -0.3 is 15.5 Å². The maximum Gasteiger partial charge on any atom is 0.162 e. The molecule has 7 heteroatoms. The number of phenolic OH excluding ortho intramolecular Hbond substituents is 2. The average molecular weight is 313 g/mol. The van der Waals surface area contributed by atoms with Crippen LogP contribution in [0.1, 0.15) is 11.6 Å². The standard InChI is InChI=1S/C12H17FN2O2.2ClH/c13-8-10(15-6-4-14-5-7-15)9-2-1-3-11(16)12(9)17;;/h1-3,10,14,16-17H,4-8H2;2*1H/t10-;;/m0../s1. The van der Waals surface area contributed by atoms with Gasteiger partial charge in [-0.15, -0.1) is 24.8 Å². The average Bonchev–Trinajstić information content (AvgIpc) is 2.37. The Bertz CT molecular complexity index is 390. The van der Waals surface area contributed by atoms with Crippen LogP contribution in [0.3, 0.4) is 0 Å². The number of hydrogen-bond acceptors (Lipinski definition) is 4. The van der Waals surface area contributed by atoms with Crippen LogP contribution in [0.2, 0.25) is 0 Å². The van der Waals surface area contributed by atoms with Gasteiger partial charge in [0.05, 0.1) is 6.04 Å². The molecular formula is C12H19Cl2FN2O2. The van der Waals surface area contributed by atoms with E-state index in [1.54, 1.807) is 12.1 Å². The first kappa shape index (κ1) is 18.2. The van der Waals surface area contributed by atoms with Crippen molar-refractivity contribution in [3.05, 3.63) is 23.8 Å². The lowest BCUT2D eigenvalue weighted by Gasteiger charge is -2.33. The van der Waals surface area contributed by atoms with Gasteiger partial charge in [0, 0.05) is 31.7 Å². The van der Waals surface area contributed by atoms with Crippen LogP contribution in [0.4, 0.5) is 4.39 Å². The Morgan fingerprint density at radius 3 is 2.42 bits per heavy atom. The molecule has 1 aliphatic heterocycles. The fraction of sp³-hybridized carbons (Fsp3) is 0.500. The summed E-state index contributed by atoms with van der Waals surface area (Å²) >= 11 is 0. The number of benzene rings is 1. The lowest BCUT2D eigenvalue weighted by molar-refractivity contribution is 0.145. The molecule has 0 spiro atoms. The second-order valence-corrected chi connectivity index (χ2v) is 4.17. The van der Waals surface area contributed by atoms with Crippen molar-refractivity contribution in [1.29, 1.82) is 0 Å². The van der Waals surface area contributed by atoms with Crippen LogP contribution in [-0.2, 0) is 0 Å². The molecule has 3 N–H and O–H groups in total. The van der Waals surface area contributed by atoms with Gasteiger partial charge in [-0.3, -0.25) is 4.90 Å². The lowest BCUT2D eigenvalue weighted by Crippen LogP contribution is -2.45. The molecule has 0 saturated carbocycles. The van der Waals surface area contributed by atoms with Crippen molar-refractivity contribution in [2.75, 3.05) is 32.9 Å². The third-order valence-corrected chi connectivity index (χ3v) is 3.14. The molecular weight excluding hydrogens is 294 g/mol. The summed E-state index contributed by atoms with van der Waals surface area (Å²) in [5.41, 5.74) is 0.453. The Morgan fingerprint density at radius 2 is 1.84 bits per heavy atom. The Hall–Kier alpha value is -0.750. The summed E-state index contributed by atoms with van der Waals surface area (Å²) in [5, 5.41) is 22.4. The Kier molecular flexibility index (Phi) is 8.09. The first-order valence-electron chi connectivity index (χ1n) is 5.75. The molecule has 0 amide bonds. The van der Waals surface area contributed by atoms with Gasteiger partial charge in [0.15, 0.2) is 11.5 Å². The zero-order valence-corrected chi connectivity index (χ0v) is 12.0. The second kappa shape index (κ2) is 8.43. The molecule has 0 unspecified atom stereocenters. The van der Waals surface area contributed by atoms with E-state index < -0.39 is 12.7 Å². The highest BCUT2D eigenvalue weighted by molar-refractivity contribution is 5.85. The summed E-state index contributed by atoms with van der Waals surface area (Å²) in [6.07, 6.45) is 0. The molecule has 4 nitrogen and oxygen atoms in total. The second-order valence-electron chi connectivity index (χ2n) is 4.17. The Balaban J connectivity index is 0.00000162. The largest absolute Gasteiger partial charge is 0.504 e. The van der Waals surface area contributed by atoms with E-state index in [4.69, 9.17) is 0 Å². The zero-order valence-electron chi connectivity index (χ0n) is 10.4. The number of nitrogens with one attached hydrogen (secondary N) is 1. The summed E-state index contributed by atoms with van der Waals surface area (Å²) in [7, 11) is 0. The van der Waals surface area contributed by atoms with Crippen molar-refractivity contribution < 1.29 is 14.6 Å². The van der Waals surface area contributed by atoms with Crippen LogP contribution < -0.4 is 5.32 Å². The molecule has 1 aromatic carbocycles. The highest BCUT2D eigenvalue weighted by Gasteiger charge is 2.25. The minimum Gasteiger partial charge on any atom is -0.504 e. The van der Waals surface area contributed by atoms with Crippen molar-refractivity contribution in [3.8, 4) is 11.5 Å². The summed E-state index contributed by atoms with van der Waals surface area (Å²) in [6.45, 7) is 2.54. The van der Waals surface area contributed by atoms with Gasteiger partial charge in [0.2, 0.25) is 0 Å². The van der Waals surface area contributed by atoms with Crippen LogP contribution in [0.5, 0.6) is 11.5 Å². The molecule has 0 radical (unpaired) electrons. The molecule has 1 saturated heterocycles. The maximum atomic E-state index is 13.2. The maximum absolute atomic E-state index is 13.2. The van der Waals surface area contributed by atoms with Gasteiger partial charge >= 0.3 is 0 Å². The molecule has 2 rings (SSSR count). The fourth-order valence-electron chi connectivity index (χ4n) is 2.19. The van der Waals surface area contributed by atoms with Gasteiger partial charge in [0.25, 0.3) is 0 Å². The number of para-hydroxylation sites is 1. The number of nitrogens with zero attached hydrogens (tertiary/aromatic N) is 1. The first-order chi connectivity index (χ1) is 8.24. The zero-order chi connectivity index (χ0) is 12.3. The monoisotopic (exact) mass is 312 g/mol. The van der Waals surface area contributed by atoms with Crippen LogP contribution in [0.25, 0.3) is 0 Å². The van der Waals surface area contributed by atoms with E-state index in [9.17, 15) is 14.6 Å². The van der Waals surface area contributed by atoms with Crippen molar-refractivity contribution in [2.45, 2.75) is 6.04 Å². The van der Waals surface area contributed by atoms with Gasteiger partial charge in [0.1, 0.15) is 6.67 Å². The summed E-state index contributed by atoms with van der Waals surface area (Å²) in [5.74, 6) is -0.412. The van der Waals surface area contributed by atoms with Gasteiger partial charge in [-0.05, 0) is 6.07 Å². The minimum atomic E-state index is -0.572. The van der Waals surface area contributed by atoms with Crippen molar-refractivity contribution >= 4 is 24.8 Å². The molecule has 1 aromatic rings. The minimum absolute atomic E-state index is 0. The van der Waals surface area contributed by atoms with E-state index in [1.165, 1.54) is 6.07 Å². The van der Waals surface area contributed by atoms with Crippen molar-refractivity contribution in [2.24, 2.45) is 0 Å². The smallest absolute Gasteiger partial charge is 0.162 e. The van der Waals surface area contributed by atoms with E-state index >= 15 is 0 Å². The summed E-state index contributed by atoms with van der Waals surface area (Å²) in [4.78, 5) is 1.98. The number of phenols is 2. The molecule has 0 bridgehead atoms. The molecule has 110 valence electrons. The third kappa shape index (κ3) is 4.11. The van der Waals surface area contributed by atoms with Crippen LogP contribution in [0, 0.1) is 0 Å². The Labute approximate surface area is 124 Å². The topological polar surface area (TPSA) is 55.7 Å². The van der Waals surface area contributed by atoms with Crippen LogP contribution in [0.15, 0.2) is 18.2 Å². The molecule has 0 aliphatic carbocycles. The molecule has 1 atom stereocenters. The van der Waals surface area contributed by atoms with Gasteiger partial charge in [-0.1, -0.05) is 12.1 Å². The van der Waals surface area contributed by atoms with E-state index in [0.29, 0.717) is 5.56 Å². The summed E-state index contributed by atoms with van der Waals surface area (Å²) < 4.78 is 13.2. The SMILES string of the molecule is Cl.Cl.Oc1cccc([C@H](CF)N2CCNCC2)c1O. The number of alkyl halides is 1. The Morgan fingerprint density at radius 1 is 1.21 bits per heavy atom. The van der Waals surface area contributed by atoms with Gasteiger partial charge in [-0.2, -0.15) is 0 Å². The van der Waals surface area contributed by atoms with Crippen LogP contribution >= 0.6 is 24.8 Å². The predicted molar refractivity (Wildman–Crippen MR) is 77.4 cm³/mol. The fourth-order valence-corrected chi connectivity index (χ4v) is 2.19. The number of halogens is 3. The first-order valence-corrected chi connectivity index (χ1v) is 5.75. The predicted octanol–water partition coefficient (Wildman–Crippen LogP) is 1.86. The van der Waals surface area contributed by atoms with E-state index in [-0.39, 0.29) is 36.3 Å². The normalized spacial score (nSPS) is 17.1. The molecule has 0 aromatic heterocycles. The number of rotatable bonds is 3. The number of hydrogen-bond donors (Lipinski definition) is 3. The number of piperazine rings is 1. The van der Waals surface area contributed by atoms with Crippen molar-refractivity contribution in [3.63, 3.8) is 0 Å². The summed E-state index contributed by atoms with van der Waals surface area (Å²) in [6, 6.07) is 4.19. The highest BCUT2D eigenvalue weighted by Crippen LogP contribution is 2.35. The molecule has 19 heavy (non-hydrogen) atoms. The van der Waals surface area contributed by atoms with Gasteiger partial charge in [-0.25, -0.2) is 4.39 Å². The van der Waals surface area contributed by atoms with E-state index in [2.05, 4.69) is 5.32 Å². The highest BCUT2D eigenvalue weighted by atomic mass is 35.5. The van der Waals surface area contributed by atoms with E-state index in [0.717, 1.165) is 26.2 Å². The molecule has 1 heterocycles.